The lowest BCUT2D eigenvalue weighted by Gasteiger charge is -2.12. The zero-order valence-electron chi connectivity index (χ0n) is 12.7. The molecule has 6 nitrogen and oxygen atoms in total. The first-order valence-electron chi connectivity index (χ1n) is 6.82. The van der Waals surface area contributed by atoms with E-state index < -0.39 is 6.10 Å². The lowest BCUT2D eigenvalue weighted by molar-refractivity contribution is 0.198. The quantitative estimate of drug-likeness (QED) is 0.882. The Kier molecular flexibility index (Phi) is 4.80. The molecule has 1 heterocycles. The summed E-state index contributed by atoms with van der Waals surface area (Å²) in [6.45, 7) is 5.86. The van der Waals surface area contributed by atoms with E-state index in [1.54, 1.807) is 32.2 Å². The van der Waals surface area contributed by atoms with Crippen LogP contribution in [0, 0.1) is 0 Å². The molecule has 1 aromatic carbocycles. The highest BCUT2D eigenvalue weighted by Crippen LogP contribution is 2.30. The van der Waals surface area contributed by atoms with Crippen LogP contribution in [0.5, 0.6) is 11.5 Å². The van der Waals surface area contributed by atoms with Crippen molar-refractivity contribution in [3.8, 4) is 11.5 Å². The molecule has 0 fully saturated rings. The highest BCUT2D eigenvalue weighted by molar-refractivity contribution is 5.43. The second-order valence-corrected chi connectivity index (χ2v) is 5.08. The van der Waals surface area contributed by atoms with E-state index >= 15 is 0 Å². The van der Waals surface area contributed by atoms with E-state index in [-0.39, 0.29) is 12.5 Å². The molecule has 0 spiro atoms. The number of hydrogen-bond donors (Lipinski definition) is 1. The Morgan fingerprint density at radius 2 is 2.00 bits per heavy atom. The van der Waals surface area contributed by atoms with Crippen LogP contribution in [-0.2, 0) is 6.61 Å². The molecule has 0 aliphatic heterocycles. The van der Waals surface area contributed by atoms with Gasteiger partial charge in [-0.2, -0.15) is 4.98 Å². The molecule has 0 aliphatic carbocycles. The second-order valence-electron chi connectivity index (χ2n) is 5.08. The van der Waals surface area contributed by atoms with Crippen LogP contribution in [-0.4, -0.2) is 22.4 Å². The van der Waals surface area contributed by atoms with Crippen LogP contribution in [0.4, 0.5) is 0 Å². The van der Waals surface area contributed by atoms with Crippen molar-refractivity contribution in [1.29, 1.82) is 0 Å². The maximum Gasteiger partial charge on any atom is 0.229 e. The minimum Gasteiger partial charge on any atom is -0.493 e. The van der Waals surface area contributed by atoms with Gasteiger partial charge in [0, 0.05) is 5.92 Å². The summed E-state index contributed by atoms with van der Waals surface area (Å²) in [7, 11) is 1.55. The van der Waals surface area contributed by atoms with E-state index in [4.69, 9.17) is 14.0 Å². The smallest absolute Gasteiger partial charge is 0.229 e. The highest BCUT2D eigenvalue weighted by atomic mass is 16.5. The largest absolute Gasteiger partial charge is 0.493 e. The fourth-order valence-corrected chi connectivity index (χ4v) is 1.77. The fraction of sp³-hybridized carbons (Fsp3) is 0.467. The Hall–Kier alpha value is -2.08. The molecule has 0 radical (unpaired) electrons. The van der Waals surface area contributed by atoms with Crippen LogP contribution >= 0.6 is 0 Å². The third-order valence-electron chi connectivity index (χ3n) is 3.00. The highest BCUT2D eigenvalue weighted by Gasteiger charge is 2.12. The zero-order valence-corrected chi connectivity index (χ0v) is 12.7. The molecule has 0 saturated heterocycles. The number of aliphatic hydroxyl groups excluding tert-OH is 1. The van der Waals surface area contributed by atoms with Crippen LogP contribution in [0.25, 0.3) is 0 Å². The number of rotatable bonds is 6. The molecule has 1 atom stereocenters. The van der Waals surface area contributed by atoms with Crippen LogP contribution in [0.2, 0.25) is 0 Å². The van der Waals surface area contributed by atoms with Crippen molar-refractivity contribution < 1.29 is 19.1 Å². The molecule has 21 heavy (non-hydrogen) atoms. The third kappa shape index (κ3) is 3.72. The minimum atomic E-state index is -0.557. The first kappa shape index (κ1) is 15.3. The summed E-state index contributed by atoms with van der Waals surface area (Å²) in [5.74, 6) is 2.38. The van der Waals surface area contributed by atoms with Crippen molar-refractivity contribution >= 4 is 0 Å². The molecule has 0 saturated carbocycles. The first-order chi connectivity index (χ1) is 10.0. The van der Waals surface area contributed by atoms with Gasteiger partial charge in [0.05, 0.1) is 13.2 Å². The van der Waals surface area contributed by atoms with Gasteiger partial charge in [0.2, 0.25) is 11.7 Å². The predicted octanol–water partition coefficient (Wildman–Crippen LogP) is 2.83. The molecule has 1 N–H and O–H groups in total. The van der Waals surface area contributed by atoms with E-state index in [0.29, 0.717) is 23.2 Å². The number of methoxy groups -OCH3 is 1. The van der Waals surface area contributed by atoms with E-state index in [1.165, 1.54) is 0 Å². The third-order valence-corrected chi connectivity index (χ3v) is 3.00. The molecule has 2 rings (SSSR count). The Balaban J connectivity index is 2.08. The van der Waals surface area contributed by atoms with E-state index in [2.05, 4.69) is 10.1 Å². The molecule has 6 heteroatoms. The summed E-state index contributed by atoms with van der Waals surface area (Å²) < 4.78 is 16.0. The molecule has 0 bridgehead atoms. The standard InChI is InChI=1S/C15H20N2O4/c1-9(2)15-16-14(17-21-15)8-20-12-6-5-11(10(3)18)7-13(12)19-4/h5-7,9-10,18H,8H2,1-4H3/t10-/m0/s1. The molecule has 114 valence electrons. The predicted molar refractivity (Wildman–Crippen MR) is 76.3 cm³/mol. The normalized spacial score (nSPS) is 12.5. The van der Waals surface area contributed by atoms with Gasteiger partial charge in [-0.15, -0.1) is 0 Å². The van der Waals surface area contributed by atoms with Crippen molar-refractivity contribution in [2.75, 3.05) is 7.11 Å². The molecule has 0 unspecified atom stereocenters. The molecule has 0 amide bonds. The summed E-state index contributed by atoms with van der Waals surface area (Å²) >= 11 is 0. The maximum absolute atomic E-state index is 9.57. The number of hydrogen-bond acceptors (Lipinski definition) is 6. The van der Waals surface area contributed by atoms with Gasteiger partial charge in [-0.1, -0.05) is 25.1 Å². The maximum atomic E-state index is 9.57. The lowest BCUT2D eigenvalue weighted by Crippen LogP contribution is -2.01. The van der Waals surface area contributed by atoms with E-state index in [9.17, 15) is 5.11 Å². The molecule has 2 aromatic rings. The van der Waals surface area contributed by atoms with Gasteiger partial charge < -0.3 is 19.1 Å². The van der Waals surface area contributed by atoms with Gasteiger partial charge in [0.15, 0.2) is 18.1 Å². The minimum absolute atomic E-state index is 0.186. The number of aromatic nitrogens is 2. The van der Waals surface area contributed by atoms with Crippen molar-refractivity contribution in [2.45, 2.75) is 39.4 Å². The van der Waals surface area contributed by atoms with Gasteiger partial charge in [-0.3, -0.25) is 0 Å². The van der Waals surface area contributed by atoms with E-state index in [1.807, 2.05) is 13.8 Å². The van der Waals surface area contributed by atoms with Crippen LogP contribution in [0.3, 0.4) is 0 Å². The Morgan fingerprint density at radius 3 is 2.57 bits per heavy atom. The van der Waals surface area contributed by atoms with Crippen molar-refractivity contribution in [3.63, 3.8) is 0 Å². The number of nitrogens with zero attached hydrogens (tertiary/aromatic N) is 2. The number of aliphatic hydroxyl groups is 1. The summed E-state index contributed by atoms with van der Waals surface area (Å²) in [6, 6.07) is 5.29. The van der Waals surface area contributed by atoms with Crippen molar-refractivity contribution in [2.24, 2.45) is 0 Å². The summed E-state index contributed by atoms with van der Waals surface area (Å²) in [5, 5.41) is 13.4. The zero-order chi connectivity index (χ0) is 15.4. The summed E-state index contributed by atoms with van der Waals surface area (Å²) in [6.07, 6.45) is -0.557. The van der Waals surface area contributed by atoms with Gasteiger partial charge in [0.1, 0.15) is 0 Å². The topological polar surface area (TPSA) is 77.6 Å². The average molecular weight is 292 g/mol. The van der Waals surface area contributed by atoms with Crippen molar-refractivity contribution in [3.05, 3.63) is 35.5 Å². The molecule has 1 aromatic heterocycles. The second kappa shape index (κ2) is 6.58. The average Bonchev–Trinajstić information content (AvgIpc) is 2.93. The Bertz CT molecular complexity index is 593. The first-order valence-corrected chi connectivity index (χ1v) is 6.82. The molecular weight excluding hydrogens is 272 g/mol. The summed E-state index contributed by atoms with van der Waals surface area (Å²) in [4.78, 5) is 4.24. The van der Waals surface area contributed by atoms with E-state index in [0.717, 1.165) is 5.56 Å². The van der Waals surface area contributed by atoms with Crippen LogP contribution in [0.1, 0.15) is 50.1 Å². The lowest BCUT2D eigenvalue weighted by atomic mass is 10.1. The monoisotopic (exact) mass is 292 g/mol. The van der Waals surface area contributed by atoms with Gasteiger partial charge in [-0.05, 0) is 24.6 Å². The number of ether oxygens (including phenoxy) is 2. The van der Waals surface area contributed by atoms with Crippen LogP contribution < -0.4 is 9.47 Å². The SMILES string of the molecule is COc1cc([C@H](C)O)ccc1OCc1noc(C(C)C)n1. The molecule has 0 aliphatic rings. The van der Waals surface area contributed by atoms with Gasteiger partial charge in [0.25, 0.3) is 0 Å². The molecular formula is C15H20N2O4. The fourth-order valence-electron chi connectivity index (χ4n) is 1.77. The van der Waals surface area contributed by atoms with Gasteiger partial charge in [-0.25, -0.2) is 0 Å². The Labute approximate surface area is 123 Å². The number of benzene rings is 1. The summed E-state index contributed by atoms with van der Waals surface area (Å²) in [5.41, 5.74) is 0.765. The van der Waals surface area contributed by atoms with Gasteiger partial charge >= 0.3 is 0 Å². The Morgan fingerprint density at radius 1 is 1.24 bits per heavy atom. The van der Waals surface area contributed by atoms with Crippen LogP contribution in [0.15, 0.2) is 22.7 Å². The van der Waals surface area contributed by atoms with Crippen molar-refractivity contribution in [1.82, 2.24) is 10.1 Å².